The molecule has 0 saturated heterocycles. The Hall–Kier alpha value is -1.98. The molecular formula is C18H22N2O4S2. The number of nitriles is 1. The van der Waals surface area contributed by atoms with Crippen LogP contribution in [0.25, 0.3) is 0 Å². The molecule has 0 amide bonds. The predicted octanol–water partition coefficient (Wildman–Crippen LogP) is 3.88. The van der Waals surface area contributed by atoms with Crippen molar-refractivity contribution in [3.8, 4) is 6.07 Å². The lowest BCUT2D eigenvalue weighted by molar-refractivity contribution is -0.135. The van der Waals surface area contributed by atoms with Gasteiger partial charge in [0.1, 0.15) is 11.1 Å². The maximum Gasteiger partial charge on any atom is 0.351 e. The zero-order chi connectivity index (χ0) is 19.1. The molecule has 0 aromatic carbocycles. The number of nitrogens with zero attached hydrogens (tertiary/aromatic N) is 1. The van der Waals surface area contributed by atoms with Crippen LogP contribution in [0.2, 0.25) is 0 Å². The summed E-state index contributed by atoms with van der Waals surface area (Å²) in [4.78, 5) is 25.6. The topological polar surface area (TPSA) is 88.4 Å². The van der Waals surface area contributed by atoms with Gasteiger partial charge in [-0.05, 0) is 44.4 Å². The van der Waals surface area contributed by atoms with Gasteiger partial charge in [-0.2, -0.15) is 5.26 Å². The highest BCUT2D eigenvalue weighted by molar-refractivity contribution is 8.02. The fraction of sp³-hybridized carbons (Fsp3) is 0.500. The molecule has 0 spiro atoms. The number of nitrogens with one attached hydrogen (secondary N) is 1. The number of thiophene rings is 1. The number of aryl methyl sites for hydroxylation is 1. The van der Waals surface area contributed by atoms with Crippen molar-refractivity contribution in [2.24, 2.45) is 0 Å². The van der Waals surface area contributed by atoms with Crippen LogP contribution in [0.5, 0.6) is 0 Å². The normalized spacial score (nSPS) is 14.4. The Labute approximate surface area is 161 Å². The Bertz CT molecular complexity index is 762. The number of fused-ring (bicyclic) bond motifs is 1. The molecule has 1 aliphatic rings. The molecule has 0 bridgehead atoms. The number of hydrogen-bond acceptors (Lipinski definition) is 8. The second kappa shape index (κ2) is 9.64. The first-order chi connectivity index (χ1) is 12.6. The van der Waals surface area contributed by atoms with E-state index in [2.05, 4.69) is 10.1 Å². The van der Waals surface area contributed by atoms with Crippen LogP contribution in [-0.4, -0.2) is 31.9 Å². The molecule has 0 atom stereocenters. The summed E-state index contributed by atoms with van der Waals surface area (Å²) >= 11 is 2.72. The van der Waals surface area contributed by atoms with Crippen LogP contribution >= 0.6 is 23.1 Å². The summed E-state index contributed by atoms with van der Waals surface area (Å²) in [5, 5.41) is 13.4. The minimum atomic E-state index is -0.708. The minimum absolute atomic E-state index is 0.113. The fourth-order valence-corrected chi connectivity index (χ4v) is 4.74. The third kappa shape index (κ3) is 4.40. The molecule has 2 rings (SSSR count). The average Bonchev–Trinajstić information content (AvgIpc) is 2.81. The van der Waals surface area contributed by atoms with Gasteiger partial charge in [0.15, 0.2) is 5.57 Å². The molecule has 0 aliphatic heterocycles. The summed E-state index contributed by atoms with van der Waals surface area (Å²) in [5.74, 6) is -1.08. The third-order valence-electron chi connectivity index (χ3n) is 4.06. The van der Waals surface area contributed by atoms with E-state index in [4.69, 9.17) is 4.74 Å². The van der Waals surface area contributed by atoms with E-state index in [1.807, 2.05) is 6.07 Å². The lowest BCUT2D eigenvalue weighted by Gasteiger charge is -2.11. The van der Waals surface area contributed by atoms with Gasteiger partial charge in [-0.25, -0.2) is 9.59 Å². The van der Waals surface area contributed by atoms with Gasteiger partial charge in [0.2, 0.25) is 0 Å². The number of carbonyl (C=O) groups is 2. The van der Waals surface area contributed by atoms with Crippen LogP contribution in [0, 0.1) is 11.3 Å². The van der Waals surface area contributed by atoms with Gasteiger partial charge in [0, 0.05) is 4.88 Å². The smallest absolute Gasteiger partial charge is 0.351 e. The zero-order valence-electron chi connectivity index (χ0n) is 15.1. The molecule has 1 aromatic rings. The third-order valence-corrected chi connectivity index (χ3v) is 5.98. The summed E-state index contributed by atoms with van der Waals surface area (Å²) in [5.41, 5.74) is 1.45. The number of esters is 2. The molecule has 0 fully saturated rings. The minimum Gasteiger partial charge on any atom is -0.465 e. The Morgan fingerprint density at radius 1 is 1.31 bits per heavy atom. The maximum absolute atomic E-state index is 12.6. The zero-order valence-corrected chi connectivity index (χ0v) is 16.8. The van der Waals surface area contributed by atoms with Gasteiger partial charge in [-0.1, -0.05) is 6.42 Å². The number of anilines is 1. The van der Waals surface area contributed by atoms with E-state index >= 15 is 0 Å². The first-order valence-corrected chi connectivity index (χ1v) is 10.5. The van der Waals surface area contributed by atoms with Crippen molar-refractivity contribution in [3.05, 3.63) is 26.6 Å². The second-order valence-electron chi connectivity index (χ2n) is 5.63. The maximum atomic E-state index is 12.6. The van der Waals surface area contributed by atoms with Crippen LogP contribution in [0.15, 0.2) is 10.6 Å². The fourth-order valence-electron chi connectivity index (χ4n) is 2.86. The number of thioether (sulfide) groups is 1. The molecule has 26 heavy (non-hydrogen) atoms. The van der Waals surface area contributed by atoms with E-state index in [0.29, 0.717) is 22.2 Å². The van der Waals surface area contributed by atoms with Gasteiger partial charge in [-0.15, -0.1) is 23.1 Å². The molecule has 0 saturated carbocycles. The van der Waals surface area contributed by atoms with E-state index in [0.717, 1.165) is 37.7 Å². The Morgan fingerprint density at radius 3 is 2.65 bits per heavy atom. The number of carbonyl (C=O) groups excluding carboxylic acids is 2. The first kappa shape index (κ1) is 20.3. The highest BCUT2D eigenvalue weighted by atomic mass is 32.2. The predicted molar refractivity (Wildman–Crippen MR) is 103 cm³/mol. The van der Waals surface area contributed by atoms with Crippen LogP contribution in [0.1, 0.15) is 47.0 Å². The van der Waals surface area contributed by atoms with E-state index < -0.39 is 5.97 Å². The van der Waals surface area contributed by atoms with Crippen LogP contribution < -0.4 is 5.32 Å². The Kier molecular flexibility index (Phi) is 7.54. The molecule has 0 unspecified atom stereocenters. The summed E-state index contributed by atoms with van der Waals surface area (Å²) in [6, 6.07) is 1.88. The number of ether oxygens (including phenoxy) is 2. The molecule has 1 N–H and O–H groups in total. The van der Waals surface area contributed by atoms with Crippen LogP contribution in [0.3, 0.4) is 0 Å². The largest absolute Gasteiger partial charge is 0.465 e. The van der Waals surface area contributed by atoms with Crippen LogP contribution in [0.4, 0.5) is 5.00 Å². The van der Waals surface area contributed by atoms with Gasteiger partial charge in [0.25, 0.3) is 0 Å². The summed E-state index contributed by atoms with van der Waals surface area (Å²) < 4.78 is 9.93. The van der Waals surface area contributed by atoms with Gasteiger partial charge < -0.3 is 14.8 Å². The average molecular weight is 395 g/mol. The van der Waals surface area contributed by atoms with Crippen molar-refractivity contribution < 1.29 is 19.1 Å². The number of rotatable bonds is 6. The SMILES string of the molecule is CCOC(=O)c1c(N/C(SC)=C(/C#N)C(=O)OC)sc2c1CCCCC2. The second-order valence-corrected chi connectivity index (χ2v) is 7.55. The summed E-state index contributed by atoms with van der Waals surface area (Å²) in [6.45, 7) is 2.06. The Morgan fingerprint density at radius 2 is 2.04 bits per heavy atom. The molecule has 140 valence electrons. The van der Waals surface area contributed by atoms with Crippen molar-refractivity contribution >= 4 is 40.0 Å². The van der Waals surface area contributed by atoms with E-state index in [-0.39, 0.29) is 11.5 Å². The molecule has 8 heteroatoms. The Balaban J connectivity index is 2.51. The quantitative estimate of drug-likeness (QED) is 0.339. The van der Waals surface area contributed by atoms with Crippen LogP contribution in [-0.2, 0) is 27.1 Å². The standard InChI is InChI=1S/C18H22N2O4S2/c1-4-24-18(22)14-11-8-6-5-7-9-13(11)26-16(14)20-15(25-3)12(10-19)17(21)23-2/h20H,4-9H2,1-3H3/b15-12+. The molecule has 6 nitrogen and oxygen atoms in total. The van der Waals surface area contributed by atoms with E-state index in [1.54, 1.807) is 13.2 Å². The van der Waals surface area contributed by atoms with Gasteiger partial charge in [0.05, 0.1) is 24.3 Å². The highest BCUT2D eigenvalue weighted by Gasteiger charge is 2.27. The number of hydrogen-bond donors (Lipinski definition) is 1. The van der Waals surface area contributed by atoms with Crippen molar-refractivity contribution in [2.45, 2.75) is 39.0 Å². The molecule has 1 aliphatic carbocycles. The molecule has 0 radical (unpaired) electrons. The molecular weight excluding hydrogens is 372 g/mol. The molecule has 1 aromatic heterocycles. The van der Waals surface area contributed by atoms with E-state index in [1.165, 1.54) is 35.1 Å². The molecule has 1 heterocycles. The van der Waals surface area contributed by atoms with Crippen molar-refractivity contribution in [1.82, 2.24) is 0 Å². The number of methoxy groups -OCH3 is 1. The van der Waals surface area contributed by atoms with E-state index in [9.17, 15) is 14.9 Å². The van der Waals surface area contributed by atoms with Crippen molar-refractivity contribution in [2.75, 3.05) is 25.3 Å². The summed E-state index contributed by atoms with van der Waals surface area (Å²) in [7, 11) is 1.23. The lowest BCUT2D eigenvalue weighted by Crippen LogP contribution is -2.12. The van der Waals surface area contributed by atoms with Crippen molar-refractivity contribution in [3.63, 3.8) is 0 Å². The monoisotopic (exact) mass is 394 g/mol. The lowest BCUT2D eigenvalue weighted by atomic mass is 10.1. The first-order valence-electron chi connectivity index (χ1n) is 8.42. The van der Waals surface area contributed by atoms with Gasteiger partial charge in [-0.3, -0.25) is 0 Å². The summed E-state index contributed by atoms with van der Waals surface area (Å²) in [6.07, 6.45) is 6.78. The van der Waals surface area contributed by atoms with Crippen molar-refractivity contribution in [1.29, 1.82) is 5.26 Å². The van der Waals surface area contributed by atoms with Gasteiger partial charge >= 0.3 is 11.9 Å². The highest BCUT2D eigenvalue weighted by Crippen LogP contribution is 2.39.